The Bertz CT molecular complexity index is 388. The Morgan fingerprint density at radius 1 is 1.00 bits per heavy atom. The van der Waals surface area contributed by atoms with Gasteiger partial charge >= 0.3 is 0 Å². The standard InChI is InChI=1S/C16H27NO3.ClH/c1-4-5-6-7-8-9-20-16-14(18)10-13(11-15(16)19)12-17(2)3;/h10-11,18-19H,4-9,12H2,1-3H3;1H. The third-order valence-electron chi connectivity index (χ3n) is 3.10. The minimum Gasteiger partial charge on any atom is -0.504 e. The number of ether oxygens (including phenoxy) is 1. The summed E-state index contributed by atoms with van der Waals surface area (Å²) in [5.41, 5.74) is 0.861. The van der Waals surface area contributed by atoms with E-state index in [2.05, 4.69) is 6.92 Å². The molecule has 0 aromatic heterocycles. The van der Waals surface area contributed by atoms with E-state index in [1.807, 2.05) is 19.0 Å². The summed E-state index contributed by atoms with van der Waals surface area (Å²) in [5, 5.41) is 19.8. The minimum atomic E-state index is 0. The van der Waals surface area contributed by atoms with Crippen LogP contribution in [-0.4, -0.2) is 35.8 Å². The summed E-state index contributed by atoms with van der Waals surface area (Å²) in [7, 11) is 3.88. The Kier molecular flexibility index (Phi) is 10.0. The molecule has 0 aliphatic carbocycles. The van der Waals surface area contributed by atoms with E-state index in [1.54, 1.807) is 12.1 Å². The maximum atomic E-state index is 9.92. The van der Waals surface area contributed by atoms with Crippen LogP contribution in [0.25, 0.3) is 0 Å². The molecule has 0 aliphatic rings. The quantitative estimate of drug-likeness (QED) is 0.678. The van der Waals surface area contributed by atoms with Crippen LogP contribution >= 0.6 is 12.4 Å². The number of hydrogen-bond donors (Lipinski definition) is 2. The summed E-state index contributed by atoms with van der Waals surface area (Å²) in [4.78, 5) is 1.97. The maximum Gasteiger partial charge on any atom is 0.203 e. The molecule has 5 heteroatoms. The fourth-order valence-electron chi connectivity index (χ4n) is 2.14. The molecule has 0 spiro atoms. The largest absolute Gasteiger partial charge is 0.504 e. The van der Waals surface area contributed by atoms with Gasteiger partial charge in [0.1, 0.15) is 0 Å². The number of nitrogens with zero attached hydrogens (tertiary/aromatic N) is 1. The van der Waals surface area contributed by atoms with Crippen molar-refractivity contribution in [2.75, 3.05) is 20.7 Å². The number of phenolic OH excluding ortho intramolecular Hbond substituents is 2. The van der Waals surface area contributed by atoms with Crippen molar-refractivity contribution in [3.8, 4) is 17.2 Å². The van der Waals surface area contributed by atoms with Crippen molar-refractivity contribution in [1.82, 2.24) is 4.90 Å². The minimum absolute atomic E-state index is 0. The number of aromatic hydroxyl groups is 2. The van der Waals surface area contributed by atoms with Gasteiger partial charge in [-0.2, -0.15) is 0 Å². The molecule has 1 aromatic carbocycles. The molecule has 122 valence electrons. The van der Waals surface area contributed by atoms with Crippen molar-refractivity contribution in [2.45, 2.75) is 45.6 Å². The predicted octanol–water partition coefficient (Wildman–Crippen LogP) is 3.93. The lowest BCUT2D eigenvalue weighted by Gasteiger charge is -2.14. The number of benzene rings is 1. The van der Waals surface area contributed by atoms with Crippen LogP contribution in [0.5, 0.6) is 17.2 Å². The second-order valence-electron chi connectivity index (χ2n) is 5.46. The van der Waals surface area contributed by atoms with Gasteiger partial charge in [0.05, 0.1) is 6.61 Å². The maximum absolute atomic E-state index is 9.92. The van der Waals surface area contributed by atoms with Crippen LogP contribution in [0.1, 0.15) is 44.6 Å². The molecule has 0 saturated carbocycles. The van der Waals surface area contributed by atoms with E-state index in [1.165, 1.54) is 19.3 Å². The highest BCUT2D eigenvalue weighted by atomic mass is 35.5. The molecule has 0 unspecified atom stereocenters. The number of rotatable bonds is 9. The van der Waals surface area contributed by atoms with E-state index < -0.39 is 0 Å². The Morgan fingerprint density at radius 3 is 2.10 bits per heavy atom. The number of phenols is 2. The Balaban J connectivity index is 0.00000400. The molecule has 0 bridgehead atoms. The second kappa shape index (κ2) is 10.6. The van der Waals surface area contributed by atoms with Gasteiger partial charge < -0.3 is 19.8 Å². The van der Waals surface area contributed by atoms with Crippen molar-refractivity contribution in [3.63, 3.8) is 0 Å². The molecular weight excluding hydrogens is 290 g/mol. The van der Waals surface area contributed by atoms with Gasteiger partial charge in [-0.1, -0.05) is 32.6 Å². The number of unbranched alkanes of at least 4 members (excludes halogenated alkanes) is 4. The van der Waals surface area contributed by atoms with E-state index in [0.717, 1.165) is 18.4 Å². The fraction of sp³-hybridized carbons (Fsp3) is 0.625. The zero-order chi connectivity index (χ0) is 15.0. The van der Waals surface area contributed by atoms with E-state index in [9.17, 15) is 10.2 Å². The van der Waals surface area contributed by atoms with Crippen LogP contribution in [0.3, 0.4) is 0 Å². The summed E-state index contributed by atoms with van der Waals surface area (Å²) in [6, 6.07) is 3.29. The average molecular weight is 318 g/mol. The van der Waals surface area contributed by atoms with Gasteiger partial charge in [0, 0.05) is 6.54 Å². The average Bonchev–Trinajstić information content (AvgIpc) is 2.35. The molecular formula is C16H28ClNO3. The van der Waals surface area contributed by atoms with Gasteiger partial charge in [0.2, 0.25) is 5.75 Å². The van der Waals surface area contributed by atoms with E-state index >= 15 is 0 Å². The van der Waals surface area contributed by atoms with Gasteiger partial charge in [-0.3, -0.25) is 0 Å². The Hall–Kier alpha value is -1.13. The molecule has 0 heterocycles. The summed E-state index contributed by atoms with van der Waals surface area (Å²) in [6.07, 6.45) is 5.73. The first-order chi connectivity index (χ1) is 9.54. The van der Waals surface area contributed by atoms with Crippen LogP contribution in [0.15, 0.2) is 12.1 Å². The van der Waals surface area contributed by atoms with Crippen molar-refractivity contribution in [2.24, 2.45) is 0 Å². The van der Waals surface area contributed by atoms with E-state index in [4.69, 9.17) is 4.74 Å². The highest BCUT2D eigenvalue weighted by Crippen LogP contribution is 2.37. The van der Waals surface area contributed by atoms with Gasteiger partial charge in [-0.25, -0.2) is 0 Å². The molecule has 1 rings (SSSR count). The Labute approximate surface area is 134 Å². The molecule has 0 fully saturated rings. The normalized spacial score (nSPS) is 10.5. The lowest BCUT2D eigenvalue weighted by molar-refractivity contribution is 0.273. The summed E-state index contributed by atoms with van der Waals surface area (Å²) in [5.74, 6) is 0.216. The molecule has 2 N–H and O–H groups in total. The van der Waals surface area contributed by atoms with Gasteiger partial charge in [-0.05, 0) is 38.2 Å². The molecule has 0 radical (unpaired) electrons. The third kappa shape index (κ3) is 7.44. The van der Waals surface area contributed by atoms with Crippen molar-refractivity contribution >= 4 is 12.4 Å². The highest BCUT2D eigenvalue weighted by molar-refractivity contribution is 5.85. The first-order valence-electron chi connectivity index (χ1n) is 7.37. The SMILES string of the molecule is CCCCCCCOc1c(O)cc(CN(C)C)cc1O.Cl. The molecule has 0 atom stereocenters. The molecule has 0 aliphatic heterocycles. The lowest BCUT2D eigenvalue weighted by atomic mass is 10.1. The Morgan fingerprint density at radius 2 is 1.57 bits per heavy atom. The van der Waals surface area contributed by atoms with E-state index in [-0.39, 0.29) is 29.7 Å². The molecule has 4 nitrogen and oxygen atoms in total. The predicted molar refractivity (Wildman–Crippen MR) is 88.7 cm³/mol. The van der Waals surface area contributed by atoms with Crippen LogP contribution in [0, 0.1) is 0 Å². The smallest absolute Gasteiger partial charge is 0.203 e. The summed E-state index contributed by atoms with van der Waals surface area (Å²) < 4.78 is 5.49. The highest BCUT2D eigenvalue weighted by Gasteiger charge is 2.11. The summed E-state index contributed by atoms with van der Waals surface area (Å²) >= 11 is 0. The zero-order valence-electron chi connectivity index (χ0n) is 13.3. The monoisotopic (exact) mass is 317 g/mol. The van der Waals surface area contributed by atoms with Gasteiger partial charge in [0.15, 0.2) is 11.5 Å². The lowest BCUT2D eigenvalue weighted by Crippen LogP contribution is -2.10. The van der Waals surface area contributed by atoms with Crippen molar-refractivity contribution in [3.05, 3.63) is 17.7 Å². The second-order valence-corrected chi connectivity index (χ2v) is 5.46. The molecule has 1 aromatic rings. The van der Waals surface area contributed by atoms with E-state index in [0.29, 0.717) is 13.2 Å². The molecule has 21 heavy (non-hydrogen) atoms. The number of hydrogen-bond acceptors (Lipinski definition) is 4. The van der Waals surface area contributed by atoms with Crippen LogP contribution in [0.2, 0.25) is 0 Å². The van der Waals surface area contributed by atoms with Crippen LogP contribution < -0.4 is 4.74 Å². The molecule has 0 amide bonds. The first-order valence-corrected chi connectivity index (χ1v) is 7.37. The fourth-order valence-corrected chi connectivity index (χ4v) is 2.14. The van der Waals surface area contributed by atoms with Gasteiger partial charge in [0.25, 0.3) is 0 Å². The van der Waals surface area contributed by atoms with Crippen LogP contribution in [-0.2, 0) is 6.54 Å². The van der Waals surface area contributed by atoms with Gasteiger partial charge in [-0.15, -0.1) is 12.4 Å². The molecule has 0 saturated heterocycles. The van der Waals surface area contributed by atoms with Crippen molar-refractivity contribution in [1.29, 1.82) is 0 Å². The number of halogens is 1. The van der Waals surface area contributed by atoms with Crippen molar-refractivity contribution < 1.29 is 14.9 Å². The zero-order valence-corrected chi connectivity index (χ0v) is 14.1. The van der Waals surface area contributed by atoms with Crippen LogP contribution in [0.4, 0.5) is 0 Å². The first kappa shape index (κ1) is 19.9. The topological polar surface area (TPSA) is 52.9 Å². The summed E-state index contributed by atoms with van der Waals surface area (Å²) in [6.45, 7) is 3.37. The third-order valence-corrected chi connectivity index (χ3v) is 3.10.